The molecule has 2 unspecified atom stereocenters. The standard InChI is InChI=1S/C11H19NO/c1-3-8-12-9-6-5-7-10(12)11(13)4-2/h1,10-11,13H,4-9H2,2H3. The molecule has 2 heteroatoms. The molecule has 2 atom stereocenters. The molecule has 13 heavy (non-hydrogen) atoms. The summed E-state index contributed by atoms with van der Waals surface area (Å²) in [6, 6.07) is 0.301. The molecule has 0 saturated carbocycles. The van der Waals surface area contributed by atoms with E-state index in [-0.39, 0.29) is 6.10 Å². The van der Waals surface area contributed by atoms with Crippen LogP contribution in [0.5, 0.6) is 0 Å². The first-order chi connectivity index (χ1) is 6.29. The molecule has 0 aromatic heterocycles. The summed E-state index contributed by atoms with van der Waals surface area (Å²) in [7, 11) is 0. The maximum absolute atomic E-state index is 9.77. The van der Waals surface area contributed by atoms with Crippen molar-refractivity contribution >= 4 is 0 Å². The molecule has 74 valence electrons. The molecule has 0 spiro atoms. The van der Waals surface area contributed by atoms with Crippen molar-refractivity contribution in [3.63, 3.8) is 0 Å². The third-order valence-electron chi connectivity index (χ3n) is 2.82. The van der Waals surface area contributed by atoms with Gasteiger partial charge in [-0.05, 0) is 25.8 Å². The van der Waals surface area contributed by atoms with E-state index in [1.807, 2.05) is 6.92 Å². The number of aliphatic hydroxyl groups excluding tert-OH is 1. The van der Waals surface area contributed by atoms with Gasteiger partial charge in [-0.1, -0.05) is 19.3 Å². The van der Waals surface area contributed by atoms with Crippen molar-refractivity contribution in [2.24, 2.45) is 0 Å². The van der Waals surface area contributed by atoms with Crippen molar-refractivity contribution in [1.29, 1.82) is 0 Å². The van der Waals surface area contributed by atoms with Crippen LogP contribution in [-0.2, 0) is 0 Å². The number of aliphatic hydroxyl groups is 1. The number of nitrogens with zero attached hydrogens (tertiary/aromatic N) is 1. The average Bonchev–Trinajstić information content (AvgIpc) is 2.18. The molecule has 1 heterocycles. The highest BCUT2D eigenvalue weighted by molar-refractivity contribution is 4.93. The molecule has 0 amide bonds. The van der Waals surface area contributed by atoms with Crippen LogP contribution in [0.25, 0.3) is 0 Å². The van der Waals surface area contributed by atoms with E-state index in [0.717, 1.165) is 19.4 Å². The second kappa shape index (κ2) is 5.26. The molecule has 0 radical (unpaired) electrons. The SMILES string of the molecule is C#CCN1CCCCC1C(O)CC. The average molecular weight is 181 g/mol. The topological polar surface area (TPSA) is 23.5 Å². The number of likely N-dealkylation sites (tertiary alicyclic amines) is 1. The second-order valence-corrected chi connectivity index (χ2v) is 3.71. The van der Waals surface area contributed by atoms with Crippen LogP contribution in [0.4, 0.5) is 0 Å². The van der Waals surface area contributed by atoms with Crippen molar-refractivity contribution in [3.8, 4) is 12.3 Å². The summed E-state index contributed by atoms with van der Waals surface area (Å²) >= 11 is 0. The molecule has 0 aromatic carbocycles. The quantitative estimate of drug-likeness (QED) is 0.662. The summed E-state index contributed by atoms with van der Waals surface area (Å²) in [5.74, 6) is 2.66. The predicted molar refractivity (Wildman–Crippen MR) is 54.3 cm³/mol. The molecule has 1 rings (SSSR count). The van der Waals surface area contributed by atoms with Gasteiger partial charge < -0.3 is 5.11 Å². The van der Waals surface area contributed by atoms with Crippen molar-refractivity contribution in [1.82, 2.24) is 4.90 Å². The molecule has 0 aromatic rings. The lowest BCUT2D eigenvalue weighted by Crippen LogP contribution is -2.46. The number of hydrogen-bond acceptors (Lipinski definition) is 2. The van der Waals surface area contributed by atoms with E-state index in [1.54, 1.807) is 0 Å². The van der Waals surface area contributed by atoms with E-state index in [0.29, 0.717) is 12.6 Å². The molecular formula is C11H19NO. The van der Waals surface area contributed by atoms with Gasteiger partial charge in [0.15, 0.2) is 0 Å². The zero-order valence-electron chi connectivity index (χ0n) is 8.37. The molecule has 1 fully saturated rings. The zero-order valence-corrected chi connectivity index (χ0v) is 8.37. The highest BCUT2D eigenvalue weighted by Crippen LogP contribution is 2.20. The van der Waals surface area contributed by atoms with Crippen LogP contribution in [0, 0.1) is 12.3 Å². The molecule has 2 nitrogen and oxygen atoms in total. The van der Waals surface area contributed by atoms with Crippen LogP contribution >= 0.6 is 0 Å². The summed E-state index contributed by atoms with van der Waals surface area (Å²) in [6.45, 7) is 3.75. The van der Waals surface area contributed by atoms with Crippen LogP contribution in [0.15, 0.2) is 0 Å². The normalized spacial score (nSPS) is 26.7. The fraction of sp³-hybridized carbons (Fsp3) is 0.818. The summed E-state index contributed by atoms with van der Waals surface area (Å²) in [4.78, 5) is 2.23. The first kappa shape index (κ1) is 10.6. The van der Waals surface area contributed by atoms with E-state index in [2.05, 4.69) is 10.8 Å². The Morgan fingerprint density at radius 1 is 1.62 bits per heavy atom. The van der Waals surface area contributed by atoms with E-state index in [1.165, 1.54) is 12.8 Å². The maximum atomic E-state index is 9.77. The molecular weight excluding hydrogens is 162 g/mol. The van der Waals surface area contributed by atoms with E-state index in [9.17, 15) is 5.11 Å². The molecule has 1 aliphatic heterocycles. The van der Waals surface area contributed by atoms with Gasteiger partial charge in [-0.3, -0.25) is 4.90 Å². The van der Waals surface area contributed by atoms with Crippen molar-refractivity contribution in [3.05, 3.63) is 0 Å². The van der Waals surface area contributed by atoms with Crippen LogP contribution in [0.3, 0.4) is 0 Å². The highest BCUT2D eigenvalue weighted by atomic mass is 16.3. The van der Waals surface area contributed by atoms with Gasteiger partial charge in [-0.25, -0.2) is 0 Å². The predicted octanol–water partition coefficient (Wildman–Crippen LogP) is 1.25. The first-order valence-electron chi connectivity index (χ1n) is 5.15. The van der Waals surface area contributed by atoms with Crippen LogP contribution in [-0.4, -0.2) is 35.2 Å². The van der Waals surface area contributed by atoms with Gasteiger partial charge >= 0.3 is 0 Å². The lowest BCUT2D eigenvalue weighted by Gasteiger charge is -2.37. The van der Waals surface area contributed by atoms with Gasteiger partial charge in [0.2, 0.25) is 0 Å². The molecule has 1 N–H and O–H groups in total. The lowest BCUT2D eigenvalue weighted by atomic mass is 9.96. The van der Waals surface area contributed by atoms with E-state index < -0.39 is 0 Å². The number of piperidine rings is 1. The fourth-order valence-electron chi connectivity index (χ4n) is 2.04. The Labute approximate surface area is 80.9 Å². The van der Waals surface area contributed by atoms with Gasteiger partial charge in [0, 0.05) is 6.04 Å². The third kappa shape index (κ3) is 2.72. The van der Waals surface area contributed by atoms with Crippen LogP contribution in [0.2, 0.25) is 0 Å². The minimum atomic E-state index is -0.200. The molecule has 1 saturated heterocycles. The Morgan fingerprint density at radius 2 is 2.38 bits per heavy atom. The van der Waals surface area contributed by atoms with Crippen molar-refractivity contribution in [2.75, 3.05) is 13.1 Å². The van der Waals surface area contributed by atoms with Crippen LogP contribution in [0.1, 0.15) is 32.6 Å². The molecule has 1 aliphatic rings. The van der Waals surface area contributed by atoms with E-state index in [4.69, 9.17) is 6.42 Å². The maximum Gasteiger partial charge on any atom is 0.0693 e. The van der Waals surface area contributed by atoms with Crippen molar-refractivity contribution < 1.29 is 5.11 Å². The minimum absolute atomic E-state index is 0.200. The lowest BCUT2D eigenvalue weighted by molar-refractivity contribution is 0.0318. The molecule has 0 aliphatic carbocycles. The Balaban J connectivity index is 2.51. The Kier molecular flexibility index (Phi) is 4.27. The third-order valence-corrected chi connectivity index (χ3v) is 2.82. The number of terminal acetylenes is 1. The van der Waals surface area contributed by atoms with Gasteiger partial charge in [-0.15, -0.1) is 6.42 Å². The Bertz CT molecular complexity index is 185. The number of hydrogen-bond donors (Lipinski definition) is 1. The summed E-state index contributed by atoms with van der Waals surface area (Å²) in [5.41, 5.74) is 0. The van der Waals surface area contributed by atoms with Gasteiger partial charge in [-0.2, -0.15) is 0 Å². The Hall–Kier alpha value is -0.520. The van der Waals surface area contributed by atoms with Crippen LogP contribution < -0.4 is 0 Å². The summed E-state index contributed by atoms with van der Waals surface area (Å²) < 4.78 is 0. The van der Waals surface area contributed by atoms with E-state index >= 15 is 0 Å². The van der Waals surface area contributed by atoms with Gasteiger partial charge in [0.25, 0.3) is 0 Å². The van der Waals surface area contributed by atoms with Gasteiger partial charge in [0.1, 0.15) is 0 Å². The van der Waals surface area contributed by atoms with Gasteiger partial charge in [0.05, 0.1) is 12.6 Å². The largest absolute Gasteiger partial charge is 0.392 e. The zero-order chi connectivity index (χ0) is 9.68. The molecule has 0 bridgehead atoms. The smallest absolute Gasteiger partial charge is 0.0693 e. The summed E-state index contributed by atoms with van der Waals surface area (Å²) in [5, 5.41) is 9.77. The highest BCUT2D eigenvalue weighted by Gasteiger charge is 2.26. The first-order valence-corrected chi connectivity index (χ1v) is 5.15. The van der Waals surface area contributed by atoms with Crippen molar-refractivity contribution in [2.45, 2.75) is 44.8 Å². The number of rotatable bonds is 3. The minimum Gasteiger partial charge on any atom is -0.392 e. The summed E-state index contributed by atoms with van der Waals surface area (Å²) in [6.07, 6.45) is 9.45. The second-order valence-electron chi connectivity index (χ2n) is 3.71. The monoisotopic (exact) mass is 181 g/mol. The Morgan fingerprint density at radius 3 is 3.00 bits per heavy atom. The fourth-order valence-corrected chi connectivity index (χ4v) is 2.04.